The number of halogens is 3. The van der Waals surface area contributed by atoms with E-state index >= 15 is 0 Å². The highest BCUT2D eigenvalue weighted by atomic mass is 19.4. The number of aliphatic hydroxyl groups is 1. The molecule has 88 valence electrons. The molecule has 1 N–H and O–H groups in total. The van der Waals surface area contributed by atoms with E-state index in [9.17, 15) is 13.2 Å². The van der Waals surface area contributed by atoms with Crippen LogP contribution in [0.4, 0.5) is 13.2 Å². The number of fused-ring (bicyclic) bond motifs is 1. The fourth-order valence-corrected chi connectivity index (χ4v) is 1.53. The van der Waals surface area contributed by atoms with E-state index in [-0.39, 0.29) is 18.1 Å². The van der Waals surface area contributed by atoms with Gasteiger partial charge in [0.2, 0.25) is 6.79 Å². The van der Waals surface area contributed by atoms with Crippen LogP contribution < -0.4 is 9.47 Å². The molecule has 0 spiro atoms. The standard InChI is InChI=1S/C10H9F3O3/c11-10(12,13)7(4-14)6-1-2-8-9(3-6)16-5-15-8/h1-3,7,14H,4-5H2. The van der Waals surface area contributed by atoms with E-state index in [1.165, 1.54) is 18.2 Å². The minimum atomic E-state index is -4.47. The maximum atomic E-state index is 12.5. The Morgan fingerprint density at radius 1 is 1.25 bits per heavy atom. The summed E-state index contributed by atoms with van der Waals surface area (Å²) in [5.74, 6) is -1.19. The Bertz CT molecular complexity index is 389. The molecule has 1 unspecified atom stereocenters. The van der Waals surface area contributed by atoms with Crippen LogP contribution in [0, 0.1) is 0 Å². The van der Waals surface area contributed by atoms with Crippen molar-refractivity contribution >= 4 is 0 Å². The molecular formula is C10H9F3O3. The maximum absolute atomic E-state index is 12.5. The first-order valence-electron chi connectivity index (χ1n) is 4.59. The number of alkyl halides is 3. The highest BCUT2D eigenvalue weighted by Gasteiger charge is 2.40. The summed E-state index contributed by atoms with van der Waals surface area (Å²) >= 11 is 0. The van der Waals surface area contributed by atoms with E-state index in [0.717, 1.165) is 0 Å². The second-order valence-corrected chi connectivity index (χ2v) is 3.39. The monoisotopic (exact) mass is 234 g/mol. The van der Waals surface area contributed by atoms with Gasteiger partial charge in [-0.1, -0.05) is 6.07 Å². The number of benzene rings is 1. The minimum Gasteiger partial charge on any atom is -0.454 e. The zero-order valence-corrected chi connectivity index (χ0v) is 8.12. The topological polar surface area (TPSA) is 38.7 Å². The molecule has 1 aliphatic heterocycles. The summed E-state index contributed by atoms with van der Waals surface area (Å²) in [6.45, 7) is -0.974. The second-order valence-electron chi connectivity index (χ2n) is 3.39. The van der Waals surface area contributed by atoms with Gasteiger partial charge in [0, 0.05) is 0 Å². The molecular weight excluding hydrogens is 225 g/mol. The van der Waals surface area contributed by atoms with Crippen molar-refractivity contribution < 1.29 is 27.8 Å². The van der Waals surface area contributed by atoms with Gasteiger partial charge >= 0.3 is 6.18 Å². The quantitative estimate of drug-likeness (QED) is 0.851. The van der Waals surface area contributed by atoms with Crippen molar-refractivity contribution in [2.45, 2.75) is 12.1 Å². The van der Waals surface area contributed by atoms with Gasteiger partial charge in [0.1, 0.15) is 5.92 Å². The highest BCUT2D eigenvalue weighted by Crippen LogP contribution is 2.39. The van der Waals surface area contributed by atoms with Crippen LogP contribution in [0.15, 0.2) is 18.2 Å². The molecule has 1 aliphatic rings. The molecule has 0 radical (unpaired) electrons. The van der Waals surface area contributed by atoms with E-state index in [4.69, 9.17) is 14.6 Å². The number of hydrogen-bond acceptors (Lipinski definition) is 3. The molecule has 0 fully saturated rings. The molecule has 1 atom stereocenters. The molecule has 0 saturated heterocycles. The molecule has 0 amide bonds. The molecule has 1 aromatic rings. The lowest BCUT2D eigenvalue weighted by atomic mass is 9.99. The first-order valence-corrected chi connectivity index (χ1v) is 4.59. The largest absolute Gasteiger partial charge is 0.454 e. The Morgan fingerprint density at radius 2 is 1.94 bits per heavy atom. The van der Waals surface area contributed by atoms with Crippen LogP contribution in [0.1, 0.15) is 11.5 Å². The van der Waals surface area contributed by atoms with Gasteiger partial charge in [0.25, 0.3) is 0 Å². The molecule has 16 heavy (non-hydrogen) atoms. The Labute approximate surface area is 89.4 Å². The minimum absolute atomic E-state index is 0.00853. The predicted molar refractivity (Wildman–Crippen MR) is 48.4 cm³/mol. The summed E-state index contributed by atoms with van der Waals surface area (Å²) in [4.78, 5) is 0. The molecule has 2 rings (SSSR count). The van der Waals surface area contributed by atoms with Gasteiger partial charge in [-0.05, 0) is 17.7 Å². The van der Waals surface area contributed by atoms with E-state index in [2.05, 4.69) is 0 Å². The third-order valence-corrected chi connectivity index (χ3v) is 2.38. The first kappa shape index (κ1) is 11.1. The number of rotatable bonds is 2. The van der Waals surface area contributed by atoms with Crippen molar-refractivity contribution in [2.75, 3.05) is 13.4 Å². The summed E-state index contributed by atoms with van der Waals surface area (Å²) in [5, 5.41) is 8.77. The van der Waals surface area contributed by atoms with Crippen LogP contribution in [-0.2, 0) is 0 Å². The Kier molecular flexibility index (Phi) is 2.67. The van der Waals surface area contributed by atoms with Crippen LogP contribution in [-0.4, -0.2) is 24.7 Å². The van der Waals surface area contributed by atoms with Gasteiger partial charge in [-0.25, -0.2) is 0 Å². The Morgan fingerprint density at radius 3 is 2.56 bits per heavy atom. The first-order chi connectivity index (χ1) is 7.52. The van der Waals surface area contributed by atoms with E-state index in [1.54, 1.807) is 0 Å². The fraction of sp³-hybridized carbons (Fsp3) is 0.400. The van der Waals surface area contributed by atoms with Gasteiger partial charge in [0.15, 0.2) is 11.5 Å². The highest BCUT2D eigenvalue weighted by molar-refractivity contribution is 5.45. The van der Waals surface area contributed by atoms with E-state index in [0.29, 0.717) is 5.75 Å². The lowest BCUT2D eigenvalue weighted by Gasteiger charge is -2.18. The molecule has 3 nitrogen and oxygen atoms in total. The molecule has 1 heterocycles. The smallest absolute Gasteiger partial charge is 0.397 e. The molecule has 0 bridgehead atoms. The molecule has 0 aliphatic carbocycles. The van der Waals surface area contributed by atoms with Crippen molar-refractivity contribution in [2.24, 2.45) is 0 Å². The van der Waals surface area contributed by atoms with Gasteiger partial charge in [-0.3, -0.25) is 0 Å². The van der Waals surface area contributed by atoms with Gasteiger partial charge in [0.05, 0.1) is 6.61 Å². The van der Waals surface area contributed by atoms with Gasteiger partial charge in [-0.2, -0.15) is 13.2 Å². The summed E-state index contributed by atoms with van der Waals surface area (Å²) in [6, 6.07) is 3.94. The lowest BCUT2D eigenvalue weighted by molar-refractivity contribution is -0.158. The van der Waals surface area contributed by atoms with Crippen molar-refractivity contribution in [3.63, 3.8) is 0 Å². The molecule has 1 aromatic carbocycles. The molecule has 0 aromatic heterocycles. The van der Waals surface area contributed by atoms with E-state index in [1.807, 2.05) is 0 Å². The average molecular weight is 234 g/mol. The number of ether oxygens (including phenoxy) is 2. The third-order valence-electron chi connectivity index (χ3n) is 2.38. The predicted octanol–water partition coefficient (Wildman–Crippen LogP) is 2.05. The van der Waals surface area contributed by atoms with Crippen LogP contribution in [0.2, 0.25) is 0 Å². The molecule has 6 heteroatoms. The van der Waals surface area contributed by atoms with Crippen LogP contribution in [0.3, 0.4) is 0 Å². The third kappa shape index (κ3) is 1.92. The fourth-order valence-electron chi connectivity index (χ4n) is 1.53. The lowest BCUT2D eigenvalue weighted by Crippen LogP contribution is -2.23. The van der Waals surface area contributed by atoms with Crippen LogP contribution in [0.5, 0.6) is 11.5 Å². The summed E-state index contributed by atoms with van der Waals surface area (Å²) in [5.41, 5.74) is -0.0285. The summed E-state index contributed by atoms with van der Waals surface area (Å²) in [7, 11) is 0. The zero-order valence-electron chi connectivity index (χ0n) is 8.12. The average Bonchev–Trinajstić information content (AvgIpc) is 2.63. The number of aliphatic hydroxyl groups excluding tert-OH is 1. The Hall–Kier alpha value is -1.43. The molecule has 0 saturated carbocycles. The Balaban J connectivity index is 2.33. The van der Waals surface area contributed by atoms with Gasteiger partial charge in [-0.15, -0.1) is 0 Å². The van der Waals surface area contributed by atoms with Crippen LogP contribution in [0.25, 0.3) is 0 Å². The van der Waals surface area contributed by atoms with Crippen molar-refractivity contribution in [1.82, 2.24) is 0 Å². The zero-order chi connectivity index (χ0) is 11.8. The number of hydrogen-bond donors (Lipinski definition) is 1. The summed E-state index contributed by atoms with van der Waals surface area (Å²) < 4.78 is 47.5. The van der Waals surface area contributed by atoms with Gasteiger partial charge < -0.3 is 14.6 Å². The summed E-state index contributed by atoms with van der Waals surface area (Å²) in [6.07, 6.45) is -4.47. The second kappa shape index (κ2) is 3.86. The SMILES string of the molecule is OCC(c1ccc2c(c1)OCO2)C(F)(F)F. The van der Waals surface area contributed by atoms with Crippen molar-refractivity contribution in [3.8, 4) is 11.5 Å². The van der Waals surface area contributed by atoms with Crippen molar-refractivity contribution in [1.29, 1.82) is 0 Å². The maximum Gasteiger partial charge on any atom is 0.397 e. The normalized spacial score (nSPS) is 16.2. The van der Waals surface area contributed by atoms with Crippen molar-refractivity contribution in [3.05, 3.63) is 23.8 Å². The van der Waals surface area contributed by atoms with E-state index < -0.39 is 18.7 Å². The van der Waals surface area contributed by atoms with Crippen LogP contribution >= 0.6 is 0 Å².